The van der Waals surface area contributed by atoms with Crippen LogP contribution in [0.15, 0.2) is 18.2 Å². The average Bonchev–Trinajstić information content (AvgIpc) is 3.33. The van der Waals surface area contributed by atoms with Gasteiger partial charge in [-0.25, -0.2) is 17.6 Å². The van der Waals surface area contributed by atoms with Crippen molar-refractivity contribution in [2.24, 2.45) is 11.3 Å². The maximum Gasteiger partial charge on any atom is 0.319 e. The van der Waals surface area contributed by atoms with Crippen LogP contribution in [0.25, 0.3) is 32.1 Å². The minimum Gasteiger partial charge on any atom is -0.459 e. The van der Waals surface area contributed by atoms with Gasteiger partial charge in [-0.15, -0.1) is 11.3 Å². The smallest absolute Gasteiger partial charge is 0.319 e. The predicted octanol–water partition coefficient (Wildman–Crippen LogP) is 6.84. The molecule has 15 heteroatoms. The third-order valence-corrected chi connectivity index (χ3v) is 12.2. The number of ether oxygens (including phenoxy) is 1. The summed E-state index contributed by atoms with van der Waals surface area (Å²) >= 11 is 7.78. The van der Waals surface area contributed by atoms with E-state index in [-0.39, 0.29) is 65.9 Å². The van der Waals surface area contributed by atoms with Crippen molar-refractivity contribution in [2.75, 3.05) is 50.4 Å². The summed E-state index contributed by atoms with van der Waals surface area (Å²) in [6.45, 7) is 4.61. The molecular formula is C35H34ClF4N7O2S. The van der Waals surface area contributed by atoms with E-state index in [4.69, 9.17) is 27.1 Å². The lowest BCUT2D eigenvalue weighted by Gasteiger charge is -2.55. The molecule has 262 valence electrons. The molecular weight excluding hydrogens is 694 g/mol. The van der Waals surface area contributed by atoms with Crippen molar-refractivity contribution >= 4 is 60.7 Å². The summed E-state index contributed by atoms with van der Waals surface area (Å²) in [7, 11) is 2.03. The molecule has 1 spiro atoms. The molecule has 5 heterocycles. The Morgan fingerprint density at radius 3 is 2.64 bits per heavy atom. The molecule has 2 aromatic carbocycles. The molecule has 9 nitrogen and oxygen atoms in total. The Balaban J connectivity index is 1.22. The number of alkyl halides is 2. The number of thiophene rings is 1. The van der Waals surface area contributed by atoms with Gasteiger partial charge in [-0.2, -0.15) is 15.2 Å². The van der Waals surface area contributed by atoms with E-state index in [0.29, 0.717) is 37.4 Å². The molecule has 3 aliphatic heterocycles. The number of carbonyl (C=O) groups is 1. The second-order valence-electron chi connectivity index (χ2n) is 14.3. The van der Waals surface area contributed by atoms with Crippen molar-refractivity contribution in [1.82, 2.24) is 19.8 Å². The lowest BCUT2D eigenvalue weighted by molar-refractivity contribution is -0.147. The fraction of sp³-hybridized carbons (Fsp3) is 0.486. The molecule has 8 rings (SSSR count). The predicted molar refractivity (Wildman–Crippen MR) is 184 cm³/mol. The van der Waals surface area contributed by atoms with Gasteiger partial charge in [-0.05, 0) is 63.9 Å². The minimum absolute atomic E-state index is 0.00790. The van der Waals surface area contributed by atoms with E-state index in [9.17, 15) is 23.2 Å². The minimum atomic E-state index is -2.92. The molecule has 3 saturated heterocycles. The zero-order chi connectivity index (χ0) is 35.3. The zero-order valence-electron chi connectivity index (χ0n) is 27.4. The number of rotatable bonds is 6. The maximum atomic E-state index is 17.1. The molecule has 50 heavy (non-hydrogen) atoms. The van der Waals surface area contributed by atoms with Gasteiger partial charge in [0.2, 0.25) is 5.91 Å². The lowest BCUT2D eigenvalue weighted by Crippen LogP contribution is -2.64. The van der Waals surface area contributed by atoms with Crippen LogP contribution < -0.4 is 15.4 Å². The summed E-state index contributed by atoms with van der Waals surface area (Å²) < 4.78 is 65.7. The van der Waals surface area contributed by atoms with Crippen LogP contribution in [0.5, 0.6) is 6.01 Å². The number of anilines is 2. The first kappa shape index (κ1) is 33.2. The first-order valence-electron chi connectivity index (χ1n) is 16.7. The van der Waals surface area contributed by atoms with Gasteiger partial charge in [0.25, 0.3) is 5.92 Å². The first-order valence-corrected chi connectivity index (χ1v) is 17.9. The third kappa shape index (κ3) is 5.31. The van der Waals surface area contributed by atoms with Gasteiger partial charge in [0, 0.05) is 60.4 Å². The normalized spacial score (nSPS) is 23.3. The number of nitriles is 1. The monoisotopic (exact) mass is 727 g/mol. The second-order valence-corrected chi connectivity index (χ2v) is 15.7. The van der Waals surface area contributed by atoms with E-state index in [2.05, 4.69) is 9.88 Å². The van der Waals surface area contributed by atoms with E-state index < -0.39 is 35.8 Å². The number of halogens is 5. The summed E-state index contributed by atoms with van der Waals surface area (Å²) in [6, 6.07) is 6.27. The Bertz CT molecular complexity index is 2120. The molecule has 2 unspecified atom stereocenters. The Labute approximate surface area is 294 Å². The van der Waals surface area contributed by atoms with Gasteiger partial charge < -0.3 is 20.3 Å². The van der Waals surface area contributed by atoms with Crippen molar-refractivity contribution in [2.45, 2.75) is 57.1 Å². The zero-order valence-corrected chi connectivity index (χ0v) is 29.0. The molecule has 4 aliphatic rings. The number of piperidine rings is 1. The van der Waals surface area contributed by atoms with Gasteiger partial charge in [0.05, 0.1) is 15.3 Å². The standard InChI is InChI=1S/C35H34ClF4N7O2S/c1-17(24-5-3-9-45(24)2)49-33-43-28-19(11-22(36)26(27(28)38)18-6-7-23(37)29-25(18)20(13-41)30(42)50-29)31(44-33)46-10-4-8-34(14-46)15-47(16-34)32(48)21-12-35(21,39)40/h6-7,11,17,21,24H,3-5,8-10,12,14-16,42H2,1-2H3/t17?,21?,24-/m0/s1. The average molecular weight is 728 g/mol. The Hall–Kier alpha value is -3.93. The first-order chi connectivity index (χ1) is 23.8. The summed E-state index contributed by atoms with van der Waals surface area (Å²) in [6.07, 6.45) is 2.77. The fourth-order valence-corrected chi connectivity index (χ4v) is 9.49. The molecule has 0 radical (unpaired) electrons. The second kappa shape index (κ2) is 11.8. The van der Waals surface area contributed by atoms with Crippen LogP contribution in [0.4, 0.5) is 28.4 Å². The largest absolute Gasteiger partial charge is 0.459 e. The number of likely N-dealkylation sites (N-methyl/N-ethyl adjacent to an activating group) is 1. The molecule has 0 bridgehead atoms. The highest BCUT2D eigenvalue weighted by Gasteiger charge is 2.64. The Morgan fingerprint density at radius 1 is 1.20 bits per heavy atom. The van der Waals surface area contributed by atoms with Crippen LogP contribution in [-0.4, -0.2) is 83.5 Å². The van der Waals surface area contributed by atoms with E-state index in [1.54, 1.807) is 6.07 Å². The molecule has 1 saturated carbocycles. The molecule has 2 aromatic heterocycles. The van der Waals surface area contributed by atoms with Crippen LogP contribution in [0.1, 0.15) is 44.6 Å². The van der Waals surface area contributed by atoms with Crippen molar-refractivity contribution in [1.29, 1.82) is 5.26 Å². The van der Waals surface area contributed by atoms with Gasteiger partial charge in [0.15, 0.2) is 5.82 Å². The number of nitrogens with two attached hydrogens (primary N) is 1. The van der Waals surface area contributed by atoms with Gasteiger partial charge in [-0.3, -0.25) is 9.69 Å². The Kier molecular flexibility index (Phi) is 7.85. The van der Waals surface area contributed by atoms with Crippen molar-refractivity contribution in [3.63, 3.8) is 0 Å². The quantitative estimate of drug-likeness (QED) is 0.215. The fourth-order valence-electron chi connectivity index (χ4n) is 8.25. The van der Waals surface area contributed by atoms with Crippen LogP contribution >= 0.6 is 22.9 Å². The SMILES string of the molecule is CC(Oc1nc(N2CCCC3(CN(C(=O)C4CC4(F)F)C3)C2)c2cc(Cl)c(-c3ccc(F)c4sc(N)c(C#N)c34)c(F)c2n1)[C@@H]1CCCN1C. The highest BCUT2D eigenvalue weighted by molar-refractivity contribution is 7.23. The number of nitrogens with zero attached hydrogens (tertiary/aromatic N) is 6. The number of fused-ring (bicyclic) bond motifs is 2. The van der Waals surface area contributed by atoms with E-state index >= 15 is 4.39 Å². The summed E-state index contributed by atoms with van der Waals surface area (Å²) in [5, 5.41) is 10.5. The van der Waals surface area contributed by atoms with Gasteiger partial charge >= 0.3 is 6.01 Å². The van der Waals surface area contributed by atoms with Crippen LogP contribution in [-0.2, 0) is 4.79 Å². The number of nitrogen functional groups attached to an aromatic ring is 1. The summed E-state index contributed by atoms with van der Waals surface area (Å²) in [5.41, 5.74) is 5.87. The summed E-state index contributed by atoms with van der Waals surface area (Å²) in [5.74, 6) is -5.63. The number of aromatic nitrogens is 2. The van der Waals surface area contributed by atoms with Gasteiger partial charge in [-0.1, -0.05) is 17.7 Å². The molecule has 4 fully saturated rings. The highest BCUT2D eigenvalue weighted by atomic mass is 35.5. The van der Waals surface area contributed by atoms with Crippen molar-refractivity contribution < 1.29 is 27.1 Å². The molecule has 3 atom stereocenters. The van der Waals surface area contributed by atoms with E-state index in [1.165, 1.54) is 17.0 Å². The molecule has 4 aromatic rings. The van der Waals surface area contributed by atoms with Crippen molar-refractivity contribution in [3.05, 3.63) is 40.4 Å². The maximum absolute atomic E-state index is 17.1. The number of hydrogen-bond donors (Lipinski definition) is 1. The van der Waals surface area contributed by atoms with E-state index in [1.807, 2.05) is 24.9 Å². The molecule has 1 amide bonds. The van der Waals surface area contributed by atoms with Crippen LogP contribution in [0.3, 0.4) is 0 Å². The summed E-state index contributed by atoms with van der Waals surface area (Å²) in [4.78, 5) is 27.8. The van der Waals surface area contributed by atoms with Crippen molar-refractivity contribution in [3.8, 4) is 23.2 Å². The third-order valence-electron chi connectivity index (χ3n) is 10.9. The highest BCUT2D eigenvalue weighted by Crippen LogP contribution is 2.52. The number of hydrogen-bond acceptors (Lipinski definition) is 9. The number of carbonyl (C=O) groups excluding carboxylic acids is 1. The number of likely N-dealkylation sites (tertiary alicyclic amines) is 2. The van der Waals surface area contributed by atoms with Crippen LogP contribution in [0, 0.1) is 34.3 Å². The van der Waals surface area contributed by atoms with Crippen LogP contribution in [0.2, 0.25) is 5.02 Å². The van der Waals surface area contributed by atoms with E-state index in [0.717, 1.165) is 43.6 Å². The molecule has 1 aliphatic carbocycles. The number of benzene rings is 2. The van der Waals surface area contributed by atoms with Gasteiger partial charge in [0.1, 0.15) is 40.2 Å². The Morgan fingerprint density at radius 2 is 1.96 bits per heavy atom. The topological polar surface area (TPSA) is 112 Å². The number of amides is 1. The molecule has 2 N–H and O–H groups in total. The lowest BCUT2D eigenvalue weighted by atomic mass is 9.73.